The zero-order valence-electron chi connectivity index (χ0n) is 17.0. The molecular formula is C21H35NO4. The highest BCUT2D eigenvalue weighted by Gasteiger charge is 2.30. The van der Waals surface area contributed by atoms with Crippen molar-refractivity contribution >= 4 is 12.1 Å². The van der Waals surface area contributed by atoms with Crippen LogP contribution in [0, 0.1) is 5.92 Å². The predicted molar refractivity (Wildman–Crippen MR) is 104 cm³/mol. The van der Waals surface area contributed by atoms with Crippen LogP contribution in [0.5, 0.6) is 0 Å². The van der Waals surface area contributed by atoms with Crippen LogP contribution in [0.15, 0.2) is 23.8 Å². The Morgan fingerprint density at radius 1 is 1.12 bits per heavy atom. The number of hydrogen-bond donors (Lipinski definition) is 0. The molecule has 0 saturated carbocycles. The van der Waals surface area contributed by atoms with Crippen LogP contribution >= 0.6 is 0 Å². The molecule has 1 saturated heterocycles. The molecule has 2 rings (SSSR count). The minimum Gasteiger partial charge on any atom is -0.461 e. The van der Waals surface area contributed by atoms with Crippen molar-refractivity contribution in [3.63, 3.8) is 0 Å². The molecule has 0 atom stereocenters. The van der Waals surface area contributed by atoms with Gasteiger partial charge >= 0.3 is 12.1 Å². The van der Waals surface area contributed by atoms with Gasteiger partial charge in [-0.25, -0.2) is 4.79 Å². The first-order valence-corrected chi connectivity index (χ1v) is 9.82. The predicted octanol–water partition coefficient (Wildman–Crippen LogP) is 4.87. The second-order valence-electron chi connectivity index (χ2n) is 7.46. The number of hydrogen-bond acceptors (Lipinski definition) is 4. The molecule has 5 heteroatoms. The molecule has 0 N–H and O–H groups in total. The minimum absolute atomic E-state index is 0.120. The van der Waals surface area contributed by atoms with Gasteiger partial charge in [0.2, 0.25) is 0 Å². The van der Waals surface area contributed by atoms with E-state index in [0.29, 0.717) is 32.5 Å². The summed E-state index contributed by atoms with van der Waals surface area (Å²) in [6, 6.07) is 0. The quantitative estimate of drug-likeness (QED) is 0.529. The highest BCUT2D eigenvalue weighted by Crippen LogP contribution is 2.21. The van der Waals surface area contributed by atoms with E-state index in [-0.39, 0.29) is 18.0 Å². The molecule has 148 valence electrons. The summed E-state index contributed by atoms with van der Waals surface area (Å²) in [4.78, 5) is 25.9. The fourth-order valence-corrected chi connectivity index (χ4v) is 2.84. The van der Waals surface area contributed by atoms with Gasteiger partial charge in [-0.15, -0.1) is 0 Å². The summed E-state index contributed by atoms with van der Waals surface area (Å²) in [5.74, 6) is -0.265. The van der Waals surface area contributed by atoms with Crippen LogP contribution in [-0.4, -0.2) is 42.3 Å². The molecule has 0 spiro atoms. The number of carbonyl (C=O) groups excluding carboxylic acids is 2. The van der Waals surface area contributed by atoms with E-state index in [2.05, 4.69) is 18.2 Å². The Balaban J connectivity index is 0.00000163. The molecule has 26 heavy (non-hydrogen) atoms. The average Bonchev–Trinajstić information content (AvgIpc) is 2.89. The Bertz CT molecular complexity index is 509. The summed E-state index contributed by atoms with van der Waals surface area (Å²) in [5, 5.41) is 0. The van der Waals surface area contributed by atoms with Crippen LogP contribution in [0.2, 0.25) is 0 Å². The van der Waals surface area contributed by atoms with E-state index in [1.807, 2.05) is 34.6 Å². The van der Waals surface area contributed by atoms with E-state index in [4.69, 9.17) is 9.47 Å². The molecule has 0 bridgehead atoms. The SMILES string of the molecule is CC.CC(C)(C)OC(=O)N1CCC(C(=O)OCC2=CCCC=CC2)CC1. The molecule has 1 amide bonds. The third-order valence-corrected chi connectivity index (χ3v) is 4.19. The minimum atomic E-state index is -0.492. The van der Waals surface area contributed by atoms with Gasteiger partial charge in [-0.05, 0) is 58.4 Å². The highest BCUT2D eigenvalue weighted by atomic mass is 16.6. The van der Waals surface area contributed by atoms with Crippen molar-refractivity contribution in [3.05, 3.63) is 23.8 Å². The van der Waals surface area contributed by atoms with E-state index >= 15 is 0 Å². The van der Waals surface area contributed by atoms with Crippen molar-refractivity contribution in [2.24, 2.45) is 5.92 Å². The van der Waals surface area contributed by atoms with Crippen LogP contribution in [0.25, 0.3) is 0 Å². The Labute approximate surface area is 158 Å². The normalized spacial score (nSPS) is 18.2. The molecule has 0 aromatic heterocycles. The molecule has 0 unspecified atom stereocenters. The van der Waals surface area contributed by atoms with Crippen LogP contribution in [0.3, 0.4) is 0 Å². The summed E-state index contributed by atoms with van der Waals surface area (Å²) in [7, 11) is 0. The lowest BCUT2D eigenvalue weighted by Crippen LogP contribution is -2.43. The van der Waals surface area contributed by atoms with E-state index < -0.39 is 5.60 Å². The lowest BCUT2D eigenvalue weighted by atomic mass is 9.97. The van der Waals surface area contributed by atoms with Crippen molar-refractivity contribution < 1.29 is 19.1 Å². The number of rotatable bonds is 3. The van der Waals surface area contributed by atoms with Gasteiger partial charge in [0.15, 0.2) is 0 Å². The molecular weight excluding hydrogens is 330 g/mol. The number of piperidine rings is 1. The van der Waals surface area contributed by atoms with Crippen LogP contribution in [0.4, 0.5) is 4.79 Å². The first kappa shape index (κ1) is 22.3. The molecule has 5 nitrogen and oxygen atoms in total. The number of likely N-dealkylation sites (tertiary alicyclic amines) is 1. The molecule has 0 aromatic rings. The van der Waals surface area contributed by atoms with E-state index in [9.17, 15) is 9.59 Å². The summed E-state index contributed by atoms with van der Waals surface area (Å²) in [6.45, 7) is 11.0. The van der Waals surface area contributed by atoms with E-state index in [1.54, 1.807) is 4.90 Å². The van der Waals surface area contributed by atoms with Crippen molar-refractivity contribution in [3.8, 4) is 0 Å². The zero-order valence-corrected chi connectivity index (χ0v) is 17.0. The second kappa shape index (κ2) is 11.0. The van der Waals surface area contributed by atoms with Gasteiger partial charge in [0.1, 0.15) is 12.2 Å². The zero-order chi connectivity index (χ0) is 19.6. The number of esters is 1. The van der Waals surface area contributed by atoms with Gasteiger partial charge < -0.3 is 14.4 Å². The lowest BCUT2D eigenvalue weighted by Gasteiger charge is -2.32. The summed E-state index contributed by atoms with van der Waals surface area (Å²) in [5.41, 5.74) is 0.677. The first-order chi connectivity index (χ1) is 12.3. The summed E-state index contributed by atoms with van der Waals surface area (Å²) in [6.07, 6.45) is 10.4. The number of amides is 1. The largest absolute Gasteiger partial charge is 0.461 e. The van der Waals surface area contributed by atoms with Gasteiger partial charge in [-0.2, -0.15) is 0 Å². The molecule has 1 aliphatic carbocycles. The van der Waals surface area contributed by atoms with E-state index in [1.165, 1.54) is 5.57 Å². The smallest absolute Gasteiger partial charge is 0.410 e. The van der Waals surface area contributed by atoms with Crippen LogP contribution in [0.1, 0.15) is 66.7 Å². The molecule has 0 aromatic carbocycles. The third kappa shape index (κ3) is 8.07. The number of ether oxygens (including phenoxy) is 2. The van der Waals surface area contributed by atoms with Crippen molar-refractivity contribution in [2.45, 2.75) is 72.3 Å². The topological polar surface area (TPSA) is 55.8 Å². The maximum absolute atomic E-state index is 12.2. The molecule has 1 heterocycles. The number of carbonyl (C=O) groups is 2. The molecule has 1 fully saturated rings. The Hall–Kier alpha value is -1.78. The Morgan fingerprint density at radius 3 is 2.38 bits per heavy atom. The molecule has 1 aliphatic heterocycles. The third-order valence-electron chi connectivity index (χ3n) is 4.19. The fourth-order valence-electron chi connectivity index (χ4n) is 2.84. The molecule has 2 aliphatic rings. The van der Waals surface area contributed by atoms with Crippen LogP contribution in [-0.2, 0) is 14.3 Å². The van der Waals surface area contributed by atoms with Crippen molar-refractivity contribution in [1.82, 2.24) is 4.90 Å². The molecule has 0 radical (unpaired) electrons. The highest BCUT2D eigenvalue weighted by molar-refractivity contribution is 5.73. The Kier molecular flexibility index (Phi) is 9.46. The maximum Gasteiger partial charge on any atom is 0.410 e. The average molecular weight is 366 g/mol. The van der Waals surface area contributed by atoms with Crippen LogP contribution < -0.4 is 0 Å². The summed E-state index contributed by atoms with van der Waals surface area (Å²) < 4.78 is 10.8. The first-order valence-electron chi connectivity index (χ1n) is 9.82. The Morgan fingerprint density at radius 2 is 1.77 bits per heavy atom. The van der Waals surface area contributed by atoms with Gasteiger partial charge in [0.05, 0.1) is 5.92 Å². The number of allylic oxidation sites excluding steroid dienone is 3. The van der Waals surface area contributed by atoms with Gasteiger partial charge in [-0.3, -0.25) is 4.79 Å². The monoisotopic (exact) mass is 365 g/mol. The fraction of sp³-hybridized carbons (Fsp3) is 0.714. The number of nitrogens with zero attached hydrogens (tertiary/aromatic N) is 1. The van der Waals surface area contributed by atoms with Gasteiger partial charge in [0, 0.05) is 13.1 Å². The van der Waals surface area contributed by atoms with Gasteiger partial charge in [-0.1, -0.05) is 32.1 Å². The second-order valence-corrected chi connectivity index (χ2v) is 7.46. The van der Waals surface area contributed by atoms with Gasteiger partial charge in [0.25, 0.3) is 0 Å². The summed E-state index contributed by atoms with van der Waals surface area (Å²) >= 11 is 0. The standard InChI is InChI=1S/C19H29NO4.C2H6/c1-19(2,3)24-18(22)20-12-10-16(11-13-20)17(21)23-14-15-8-6-4-5-7-9-15;1-2/h4,6,9,16H,5,7-8,10-14H2,1-3H3;1-2H3. The lowest BCUT2D eigenvalue weighted by molar-refractivity contribution is -0.149. The van der Waals surface area contributed by atoms with E-state index in [0.717, 1.165) is 19.3 Å². The van der Waals surface area contributed by atoms with Crippen molar-refractivity contribution in [2.75, 3.05) is 19.7 Å². The van der Waals surface area contributed by atoms with Crippen molar-refractivity contribution in [1.29, 1.82) is 0 Å². The maximum atomic E-state index is 12.2.